The maximum atomic E-state index is 13.2. The first-order chi connectivity index (χ1) is 13.9. The van der Waals surface area contributed by atoms with Crippen LogP contribution in [-0.2, 0) is 10.0 Å². The lowest BCUT2D eigenvalue weighted by Gasteiger charge is -2.34. The molecule has 2 aromatic carbocycles. The Morgan fingerprint density at radius 3 is 2.66 bits per heavy atom. The number of benzene rings is 2. The van der Waals surface area contributed by atoms with E-state index >= 15 is 0 Å². The third kappa shape index (κ3) is 5.68. The number of halogens is 2. The van der Waals surface area contributed by atoms with E-state index in [0.29, 0.717) is 30.2 Å². The monoisotopic (exact) mass is 439 g/mol. The third-order valence-corrected chi connectivity index (χ3v) is 7.04. The van der Waals surface area contributed by atoms with Crippen molar-refractivity contribution in [2.45, 2.75) is 36.6 Å². The van der Waals surface area contributed by atoms with Crippen molar-refractivity contribution in [3.63, 3.8) is 0 Å². The lowest BCUT2D eigenvalue weighted by Crippen LogP contribution is -2.45. The van der Waals surface area contributed by atoms with Crippen LogP contribution >= 0.6 is 11.6 Å². The van der Waals surface area contributed by atoms with E-state index in [0.717, 1.165) is 31.4 Å². The Morgan fingerprint density at radius 2 is 1.93 bits per heavy atom. The fourth-order valence-corrected chi connectivity index (χ4v) is 5.33. The highest BCUT2D eigenvalue weighted by atomic mass is 35.5. The number of rotatable bonds is 6. The summed E-state index contributed by atoms with van der Waals surface area (Å²) in [6, 6.07) is 11.1. The average Bonchev–Trinajstić information content (AvgIpc) is 2.68. The van der Waals surface area contributed by atoms with Crippen LogP contribution in [0.15, 0.2) is 53.4 Å². The summed E-state index contributed by atoms with van der Waals surface area (Å²) in [6.07, 6.45) is 2.91. The Kier molecular flexibility index (Phi) is 7.10. The topological polar surface area (TPSA) is 78.5 Å². The molecule has 0 saturated carbocycles. The highest BCUT2D eigenvalue weighted by Gasteiger charge is 2.33. The molecule has 1 heterocycles. The summed E-state index contributed by atoms with van der Waals surface area (Å²) in [7, 11) is -3.71. The number of anilines is 1. The normalized spacial score (nSPS) is 17.7. The van der Waals surface area contributed by atoms with Gasteiger partial charge in [-0.15, -0.1) is 0 Å². The molecule has 3 rings (SSSR count). The van der Waals surface area contributed by atoms with Gasteiger partial charge in [-0.25, -0.2) is 17.6 Å². The van der Waals surface area contributed by atoms with Crippen molar-refractivity contribution in [1.29, 1.82) is 0 Å². The zero-order chi connectivity index (χ0) is 20.9. The van der Waals surface area contributed by atoms with Crippen molar-refractivity contribution < 1.29 is 17.6 Å². The van der Waals surface area contributed by atoms with Gasteiger partial charge in [0.1, 0.15) is 5.82 Å². The minimum atomic E-state index is -3.71. The van der Waals surface area contributed by atoms with Gasteiger partial charge < -0.3 is 10.6 Å². The van der Waals surface area contributed by atoms with Gasteiger partial charge in [0.2, 0.25) is 10.0 Å². The molecule has 1 saturated heterocycles. The van der Waals surface area contributed by atoms with Crippen LogP contribution in [0.5, 0.6) is 0 Å². The van der Waals surface area contributed by atoms with Gasteiger partial charge in [0.05, 0.1) is 4.90 Å². The predicted molar refractivity (Wildman–Crippen MR) is 111 cm³/mol. The Labute approximate surface area is 175 Å². The second kappa shape index (κ2) is 9.56. The number of urea groups is 1. The van der Waals surface area contributed by atoms with E-state index in [2.05, 4.69) is 10.6 Å². The van der Waals surface area contributed by atoms with Gasteiger partial charge in [0.15, 0.2) is 0 Å². The Balaban J connectivity index is 1.58. The van der Waals surface area contributed by atoms with Crippen LogP contribution in [0.2, 0.25) is 5.02 Å². The number of hydrogen-bond donors (Lipinski definition) is 2. The number of nitrogens with zero attached hydrogens (tertiary/aromatic N) is 1. The number of amides is 2. The van der Waals surface area contributed by atoms with E-state index in [4.69, 9.17) is 11.6 Å². The van der Waals surface area contributed by atoms with E-state index in [1.807, 2.05) is 0 Å². The molecule has 0 bridgehead atoms. The SMILES string of the molecule is O=C(NCC[C@H]1CCCCN1S(=O)(=O)c1ccc(F)cc1)Nc1cccc(Cl)c1. The van der Waals surface area contributed by atoms with Crippen LogP contribution in [0.4, 0.5) is 14.9 Å². The second-order valence-corrected chi connectivity index (χ2v) is 9.23. The minimum Gasteiger partial charge on any atom is -0.338 e. The zero-order valence-electron chi connectivity index (χ0n) is 15.8. The van der Waals surface area contributed by atoms with E-state index in [-0.39, 0.29) is 17.0 Å². The Morgan fingerprint density at radius 1 is 1.17 bits per heavy atom. The van der Waals surface area contributed by atoms with Crippen molar-refractivity contribution in [3.05, 3.63) is 59.4 Å². The van der Waals surface area contributed by atoms with Crippen LogP contribution in [-0.4, -0.2) is 37.9 Å². The molecule has 156 valence electrons. The molecule has 1 fully saturated rings. The van der Waals surface area contributed by atoms with Gasteiger partial charge in [-0.3, -0.25) is 0 Å². The summed E-state index contributed by atoms with van der Waals surface area (Å²) < 4.78 is 40.6. The molecule has 1 aliphatic heterocycles. The molecule has 1 atom stereocenters. The highest BCUT2D eigenvalue weighted by Crippen LogP contribution is 2.27. The number of hydrogen-bond acceptors (Lipinski definition) is 3. The van der Waals surface area contributed by atoms with Crippen molar-refractivity contribution in [2.75, 3.05) is 18.4 Å². The molecule has 6 nitrogen and oxygen atoms in total. The van der Waals surface area contributed by atoms with Gasteiger partial charge in [-0.1, -0.05) is 24.1 Å². The molecule has 1 aliphatic rings. The molecule has 2 aromatic rings. The lowest BCUT2D eigenvalue weighted by atomic mass is 10.0. The summed E-state index contributed by atoms with van der Waals surface area (Å²) in [6.45, 7) is 0.742. The summed E-state index contributed by atoms with van der Waals surface area (Å²) in [4.78, 5) is 12.1. The van der Waals surface area contributed by atoms with E-state index in [1.54, 1.807) is 24.3 Å². The van der Waals surface area contributed by atoms with Gasteiger partial charge in [-0.05, 0) is 61.7 Å². The Hall–Kier alpha value is -2.16. The number of carbonyl (C=O) groups is 1. The minimum absolute atomic E-state index is 0.0810. The molecule has 0 radical (unpaired) electrons. The first-order valence-corrected chi connectivity index (χ1v) is 11.3. The third-order valence-electron chi connectivity index (χ3n) is 4.84. The Bertz CT molecular complexity index is 954. The number of nitrogens with one attached hydrogen (secondary N) is 2. The molecule has 0 unspecified atom stereocenters. The highest BCUT2D eigenvalue weighted by molar-refractivity contribution is 7.89. The first-order valence-electron chi connectivity index (χ1n) is 9.44. The molecule has 0 aromatic heterocycles. The standard InChI is InChI=1S/C20H23ClFN3O3S/c21-15-4-3-5-17(14-15)24-20(26)23-12-11-18-6-1-2-13-25(18)29(27,28)19-9-7-16(22)8-10-19/h3-5,7-10,14,18H,1-2,6,11-13H2,(H2,23,24,26)/t18-/m1/s1. The molecule has 9 heteroatoms. The fourth-order valence-electron chi connectivity index (χ4n) is 3.41. The molecule has 0 spiro atoms. The molecule has 0 aliphatic carbocycles. The maximum Gasteiger partial charge on any atom is 0.319 e. The number of sulfonamides is 1. The quantitative estimate of drug-likeness (QED) is 0.706. The van der Waals surface area contributed by atoms with Crippen LogP contribution in [0, 0.1) is 5.82 Å². The molecule has 29 heavy (non-hydrogen) atoms. The van der Waals surface area contributed by atoms with Crippen molar-refractivity contribution in [3.8, 4) is 0 Å². The van der Waals surface area contributed by atoms with E-state index in [1.165, 1.54) is 16.4 Å². The van der Waals surface area contributed by atoms with Crippen LogP contribution in [0.25, 0.3) is 0 Å². The maximum absolute atomic E-state index is 13.2. The summed E-state index contributed by atoms with van der Waals surface area (Å²) in [5.41, 5.74) is 0.577. The summed E-state index contributed by atoms with van der Waals surface area (Å²) >= 11 is 5.90. The largest absolute Gasteiger partial charge is 0.338 e. The molecular formula is C20H23ClFN3O3S. The molecular weight excluding hydrogens is 417 g/mol. The number of carbonyl (C=O) groups excluding carboxylic acids is 1. The van der Waals surface area contributed by atoms with Crippen LogP contribution < -0.4 is 10.6 Å². The van der Waals surface area contributed by atoms with Crippen LogP contribution in [0.3, 0.4) is 0 Å². The van der Waals surface area contributed by atoms with E-state index in [9.17, 15) is 17.6 Å². The number of piperidine rings is 1. The van der Waals surface area contributed by atoms with Crippen LogP contribution in [0.1, 0.15) is 25.7 Å². The summed E-state index contributed by atoms with van der Waals surface area (Å²) in [5, 5.41) is 5.96. The second-order valence-electron chi connectivity index (χ2n) is 6.90. The van der Waals surface area contributed by atoms with Gasteiger partial charge in [0, 0.05) is 29.8 Å². The summed E-state index contributed by atoms with van der Waals surface area (Å²) in [5.74, 6) is -0.478. The first kappa shape index (κ1) is 21.5. The van der Waals surface area contributed by atoms with Gasteiger partial charge >= 0.3 is 6.03 Å². The van der Waals surface area contributed by atoms with Crippen molar-refractivity contribution >= 4 is 33.3 Å². The van der Waals surface area contributed by atoms with Crippen molar-refractivity contribution in [2.24, 2.45) is 0 Å². The average molecular weight is 440 g/mol. The van der Waals surface area contributed by atoms with E-state index < -0.39 is 15.8 Å². The fraction of sp³-hybridized carbons (Fsp3) is 0.350. The smallest absolute Gasteiger partial charge is 0.319 e. The predicted octanol–water partition coefficient (Wildman–Crippen LogP) is 4.23. The molecule has 2 N–H and O–H groups in total. The zero-order valence-corrected chi connectivity index (χ0v) is 17.3. The van der Waals surface area contributed by atoms with Crippen molar-refractivity contribution in [1.82, 2.24) is 9.62 Å². The van der Waals surface area contributed by atoms with Gasteiger partial charge in [-0.2, -0.15) is 4.31 Å². The molecule has 2 amide bonds. The lowest BCUT2D eigenvalue weighted by molar-refractivity contribution is 0.234. The van der Waals surface area contributed by atoms with Gasteiger partial charge in [0.25, 0.3) is 0 Å².